The molecule has 0 radical (unpaired) electrons. The van der Waals surface area contributed by atoms with Gasteiger partial charge < -0.3 is 9.80 Å². The summed E-state index contributed by atoms with van der Waals surface area (Å²) in [6.07, 6.45) is 24.8. The van der Waals surface area contributed by atoms with E-state index in [0.717, 1.165) is 46.7 Å². The third kappa shape index (κ3) is 16.9. The molecule has 2 nitrogen and oxygen atoms in total. The average Bonchev–Trinajstić information content (AvgIpc) is 0.909. The van der Waals surface area contributed by atoms with Crippen molar-refractivity contribution in [2.75, 3.05) is 9.80 Å². The number of allylic oxidation sites excluding steroid dienone is 4. The minimum absolute atomic E-state index is 1.14. The van der Waals surface area contributed by atoms with Crippen LogP contribution in [0.1, 0.15) is 113 Å². The predicted molar refractivity (Wildman–Crippen MR) is 453 cm³/mol. The first-order valence-corrected chi connectivity index (χ1v) is 37.3. The first-order valence-electron chi connectivity index (χ1n) is 37.3. The minimum Gasteiger partial charge on any atom is -0.310 e. The van der Waals surface area contributed by atoms with Gasteiger partial charge in [0.05, 0.1) is 0 Å². The topological polar surface area (TPSA) is 6.48 Å². The molecule has 0 aliphatic heterocycles. The van der Waals surface area contributed by atoms with Crippen LogP contribution in [0.5, 0.6) is 0 Å². The molecule has 16 rings (SSSR count). The lowest BCUT2D eigenvalue weighted by Gasteiger charge is -2.26. The highest BCUT2D eigenvalue weighted by atomic mass is 15.1. The van der Waals surface area contributed by atoms with E-state index in [2.05, 4.69) is 436 Å². The van der Waals surface area contributed by atoms with Gasteiger partial charge in [0, 0.05) is 34.1 Å². The van der Waals surface area contributed by atoms with Crippen LogP contribution in [0.4, 0.5) is 34.1 Å². The molecule has 0 atom stereocenters. The van der Waals surface area contributed by atoms with E-state index in [1.807, 2.05) is 0 Å². The molecule has 0 unspecified atom stereocenters. The molecule has 0 saturated carbocycles. The van der Waals surface area contributed by atoms with E-state index in [9.17, 15) is 0 Å². The first kappa shape index (κ1) is 68.9. The maximum absolute atomic E-state index is 2.40. The van der Waals surface area contributed by atoms with Gasteiger partial charge in [-0.2, -0.15) is 0 Å². The lowest BCUT2D eigenvalue weighted by Crippen LogP contribution is -2.10. The van der Waals surface area contributed by atoms with Crippen molar-refractivity contribution >= 4 is 80.7 Å². The van der Waals surface area contributed by atoms with Gasteiger partial charge in [0.25, 0.3) is 0 Å². The molecule has 2 heteroatoms. The molecule has 512 valence electrons. The van der Waals surface area contributed by atoms with Crippen molar-refractivity contribution in [2.45, 2.75) is 52.4 Å². The molecule has 0 spiro atoms. The van der Waals surface area contributed by atoms with Gasteiger partial charge in [-0.15, -0.1) is 0 Å². The van der Waals surface area contributed by atoms with Crippen LogP contribution in [0.25, 0.3) is 46.6 Å². The van der Waals surface area contributed by atoms with Crippen molar-refractivity contribution in [3.8, 4) is 0 Å². The summed E-state index contributed by atoms with van der Waals surface area (Å²) in [7, 11) is 0. The van der Waals surface area contributed by atoms with Crippen molar-refractivity contribution in [1.82, 2.24) is 0 Å². The summed E-state index contributed by atoms with van der Waals surface area (Å²) in [5, 5.41) is 0. The van der Waals surface area contributed by atoms with Crippen molar-refractivity contribution < 1.29 is 0 Å². The number of nitrogens with zero attached hydrogens (tertiary/aromatic N) is 2. The Morgan fingerprint density at radius 2 is 0.472 bits per heavy atom. The van der Waals surface area contributed by atoms with E-state index in [4.69, 9.17) is 0 Å². The first-order chi connectivity index (χ1) is 52.3. The van der Waals surface area contributed by atoms with Gasteiger partial charge in [0.15, 0.2) is 0 Å². The normalized spacial score (nSPS) is 11.9. The van der Waals surface area contributed by atoms with Crippen LogP contribution in [0, 0.1) is 13.8 Å². The summed E-state index contributed by atoms with van der Waals surface area (Å²) in [5.74, 6) is 0. The monoisotopic (exact) mass is 1360 g/mol. The van der Waals surface area contributed by atoms with Crippen LogP contribution in [-0.2, 0) is 25.7 Å². The molecule has 0 heterocycles. The van der Waals surface area contributed by atoms with E-state index in [1.165, 1.54) is 148 Å². The second kappa shape index (κ2) is 33.5. The number of rotatable bonds is 20. The second-order valence-electron chi connectivity index (χ2n) is 27.6. The summed E-state index contributed by atoms with van der Waals surface area (Å²) in [4.78, 5) is 4.78. The van der Waals surface area contributed by atoms with Crippen molar-refractivity contribution in [2.24, 2.45) is 0 Å². The van der Waals surface area contributed by atoms with Crippen LogP contribution >= 0.6 is 0 Å². The van der Waals surface area contributed by atoms with Gasteiger partial charge in [-0.25, -0.2) is 0 Å². The highest BCUT2D eigenvalue weighted by molar-refractivity contribution is 5.94. The third-order valence-electron chi connectivity index (χ3n) is 20.2. The molecule has 0 fully saturated rings. The summed E-state index contributed by atoms with van der Waals surface area (Å²) in [6, 6.07) is 131. The average molecular weight is 1360 g/mol. The Morgan fingerprint density at radius 3 is 0.764 bits per heavy atom. The van der Waals surface area contributed by atoms with E-state index in [-0.39, 0.29) is 0 Å². The second-order valence-corrected chi connectivity index (χ2v) is 27.6. The number of hydrogen-bond donors (Lipinski definition) is 0. The zero-order chi connectivity index (χ0) is 71.6. The summed E-state index contributed by atoms with van der Waals surface area (Å²) >= 11 is 0. The summed E-state index contributed by atoms with van der Waals surface area (Å²) < 4.78 is 0. The van der Waals surface area contributed by atoms with Crippen molar-refractivity contribution in [3.63, 3.8) is 0 Å². The third-order valence-corrected chi connectivity index (χ3v) is 20.2. The number of aryl methyl sites for hydroxylation is 6. The Morgan fingerprint density at radius 1 is 0.226 bits per heavy atom. The van der Waals surface area contributed by atoms with Crippen molar-refractivity contribution in [1.29, 1.82) is 0 Å². The largest absolute Gasteiger partial charge is 0.310 e. The van der Waals surface area contributed by atoms with Gasteiger partial charge in [0.2, 0.25) is 0 Å². The maximum Gasteiger partial charge on any atom is 0.0464 e. The van der Waals surface area contributed by atoms with Gasteiger partial charge in [-0.1, -0.05) is 339 Å². The Hall–Kier alpha value is -12.9. The molecular weight excluding hydrogens is 1280 g/mol. The van der Waals surface area contributed by atoms with Crippen LogP contribution in [0.2, 0.25) is 0 Å². The molecule has 14 aromatic rings. The fourth-order valence-electron chi connectivity index (χ4n) is 14.6. The SMILES string of the molecule is C(/C=C/c1ccc(N(c2ccc(C=C(c3ccccc3)c3ccccc3)cc2)c2ccc3c(c2)CCC3)cc1)=C(c1ccccc1)c1ccccc1.Cc1ccc(C(=Cc2ccc(N(c3ccc(/C=C/C=C(c4ccccc4)c4ccccc4)cc3)c3ccc4c(c3)CCC4)cc2)c2ccc(C)cc2)cc1. The Kier molecular flexibility index (Phi) is 21.8. The zero-order valence-electron chi connectivity index (χ0n) is 60.4. The van der Waals surface area contributed by atoms with Crippen LogP contribution in [0.15, 0.2) is 388 Å². The molecule has 0 aromatic heterocycles. The molecule has 106 heavy (non-hydrogen) atoms. The van der Waals surface area contributed by atoms with E-state index in [0.29, 0.717) is 0 Å². The number of benzene rings is 14. The Bertz CT molecular complexity index is 5250. The van der Waals surface area contributed by atoms with Crippen LogP contribution in [0.3, 0.4) is 0 Å². The van der Waals surface area contributed by atoms with Gasteiger partial charge >= 0.3 is 0 Å². The fraction of sp³-hybridized carbons (Fsp3) is 0.0769. The van der Waals surface area contributed by atoms with Crippen LogP contribution in [-0.4, -0.2) is 0 Å². The van der Waals surface area contributed by atoms with E-state index in [1.54, 1.807) is 0 Å². The summed E-state index contributed by atoms with van der Waals surface area (Å²) in [5.41, 5.74) is 34.5. The summed E-state index contributed by atoms with van der Waals surface area (Å²) in [6.45, 7) is 4.28. The lowest BCUT2D eigenvalue weighted by molar-refractivity contribution is 0.911. The molecule has 2 aliphatic rings. The molecular formula is C104H86N2. The van der Waals surface area contributed by atoms with E-state index < -0.39 is 0 Å². The van der Waals surface area contributed by atoms with Gasteiger partial charge in [-0.05, 0) is 249 Å². The highest BCUT2D eigenvalue weighted by Crippen LogP contribution is 2.41. The molecule has 14 aromatic carbocycles. The fourth-order valence-corrected chi connectivity index (χ4v) is 14.6. The van der Waals surface area contributed by atoms with Crippen LogP contribution < -0.4 is 9.80 Å². The quantitative estimate of drug-likeness (QED) is 0.0554. The lowest BCUT2D eigenvalue weighted by atomic mass is 9.94. The molecule has 2 aliphatic carbocycles. The molecule has 0 bridgehead atoms. The predicted octanol–water partition coefficient (Wildman–Crippen LogP) is 27.4. The minimum atomic E-state index is 1.14. The number of anilines is 6. The van der Waals surface area contributed by atoms with Gasteiger partial charge in [0.1, 0.15) is 0 Å². The smallest absolute Gasteiger partial charge is 0.0464 e. The number of hydrogen-bond acceptors (Lipinski definition) is 2. The Labute approximate surface area is 627 Å². The molecule has 0 saturated heterocycles. The zero-order valence-corrected chi connectivity index (χ0v) is 60.4. The molecule has 0 N–H and O–H groups in total. The molecule has 0 amide bonds. The standard InChI is InChI=1S/C53H45N.C51H41N/c1-39-19-27-46(28-20-39)53(47-29-21-40(2)22-30-47)37-42-25-34-50(35-26-42)54(51-36-31-43-16-10-17-48(43)38-51)49-32-23-41(24-33-49)11-9-18-52(44-12-5-3-6-13-44)45-14-7-4-8-15-45;1-5-16-42(17-6-1)50(43-18-7-2-8-19-43)26-13-15-39-27-32-47(33-28-39)52(49-36-31-41-24-14-25-46(41)38-49)48-34-29-40(30-35-48)37-51(44-20-9-3-10-21-44)45-22-11-4-12-23-45/h3-9,11-15,18-38H,10,16-17H2,1-2H3;1-13,15-23,26-38H,14,24-25H2/b11-9+;15-13+. The Balaban J connectivity index is 0.000000170. The number of fused-ring (bicyclic) bond motifs is 2. The van der Waals surface area contributed by atoms with E-state index >= 15 is 0 Å². The van der Waals surface area contributed by atoms with Crippen molar-refractivity contribution in [3.05, 3.63) is 488 Å². The van der Waals surface area contributed by atoms with Gasteiger partial charge in [-0.3, -0.25) is 0 Å². The maximum atomic E-state index is 2.40. The highest BCUT2D eigenvalue weighted by Gasteiger charge is 2.20.